The zero-order chi connectivity index (χ0) is 39.3. The molecule has 1 aromatic heterocycles. The molecular weight excluding hydrogens is 699 g/mol. The first-order valence-electron chi connectivity index (χ1n) is 21.1. The highest BCUT2D eigenvalue weighted by Gasteiger charge is 2.45. The Morgan fingerprint density at radius 1 is 0.483 bits per heavy atom. The number of allylic oxidation sites excluding steroid dienone is 4. The molecule has 1 heteroatoms. The SMILES string of the molecule is CC1(C)c2ccccc2-c2cccc(-c3cc(-c4cccc5c4C(C)(C)C4CC=CC=C54)cc(-n4c5ccccc5c5ccc6c(c54)C(C)(C)c4ccccc4-6)c3)c21. The monoisotopic (exact) mass is 745 g/mol. The second-order valence-corrected chi connectivity index (χ2v) is 18.9. The molecule has 1 atom stereocenters. The first-order chi connectivity index (χ1) is 28.1. The lowest BCUT2D eigenvalue weighted by molar-refractivity contribution is 0.415. The van der Waals surface area contributed by atoms with Crippen LogP contribution in [0.2, 0.25) is 0 Å². The Bertz CT molecular complexity index is 3170. The second kappa shape index (κ2) is 11.5. The molecule has 7 aromatic carbocycles. The zero-order valence-electron chi connectivity index (χ0n) is 34.2. The maximum atomic E-state index is 2.62. The second-order valence-electron chi connectivity index (χ2n) is 18.9. The molecule has 280 valence electrons. The molecule has 58 heavy (non-hydrogen) atoms. The Morgan fingerprint density at radius 2 is 1.05 bits per heavy atom. The zero-order valence-corrected chi connectivity index (χ0v) is 34.2. The first kappa shape index (κ1) is 33.9. The molecule has 0 N–H and O–H groups in total. The van der Waals surface area contributed by atoms with E-state index < -0.39 is 0 Å². The number of para-hydroxylation sites is 1. The number of benzene rings is 7. The molecule has 1 nitrogen and oxygen atoms in total. The summed E-state index contributed by atoms with van der Waals surface area (Å²) in [5.74, 6) is 0.469. The summed E-state index contributed by atoms with van der Waals surface area (Å²) in [4.78, 5) is 0. The topological polar surface area (TPSA) is 4.93 Å². The molecule has 0 bridgehead atoms. The highest BCUT2D eigenvalue weighted by Crippen LogP contribution is 2.58. The number of nitrogens with zero attached hydrogens (tertiary/aromatic N) is 1. The summed E-state index contributed by atoms with van der Waals surface area (Å²) >= 11 is 0. The summed E-state index contributed by atoms with van der Waals surface area (Å²) in [6.07, 6.45) is 8.07. The maximum absolute atomic E-state index is 2.62. The van der Waals surface area contributed by atoms with Gasteiger partial charge in [0.05, 0.1) is 11.0 Å². The van der Waals surface area contributed by atoms with Gasteiger partial charge in [-0.25, -0.2) is 0 Å². The average molecular weight is 746 g/mol. The van der Waals surface area contributed by atoms with Gasteiger partial charge in [0.2, 0.25) is 0 Å². The smallest absolute Gasteiger partial charge is 0.0588 e. The van der Waals surface area contributed by atoms with Gasteiger partial charge in [0, 0.05) is 27.3 Å². The van der Waals surface area contributed by atoms with Gasteiger partial charge in [0.15, 0.2) is 0 Å². The molecule has 0 saturated carbocycles. The van der Waals surface area contributed by atoms with Gasteiger partial charge in [-0.15, -0.1) is 0 Å². The van der Waals surface area contributed by atoms with Crippen molar-refractivity contribution < 1.29 is 0 Å². The van der Waals surface area contributed by atoms with Crippen molar-refractivity contribution in [2.24, 2.45) is 5.92 Å². The largest absolute Gasteiger partial charge is 0.309 e. The van der Waals surface area contributed by atoms with Gasteiger partial charge < -0.3 is 4.57 Å². The molecular formula is C57H47N. The van der Waals surface area contributed by atoms with Crippen molar-refractivity contribution in [3.05, 3.63) is 191 Å². The number of fused-ring (bicyclic) bond motifs is 13. The third-order valence-electron chi connectivity index (χ3n) is 14.8. The van der Waals surface area contributed by atoms with E-state index in [0.717, 1.165) is 6.42 Å². The molecule has 0 fully saturated rings. The van der Waals surface area contributed by atoms with Gasteiger partial charge in [-0.05, 0) is 125 Å². The van der Waals surface area contributed by atoms with E-state index in [2.05, 4.69) is 204 Å². The normalized spacial score (nSPS) is 18.4. The van der Waals surface area contributed by atoms with Crippen molar-refractivity contribution in [3.63, 3.8) is 0 Å². The molecule has 1 unspecified atom stereocenters. The first-order valence-corrected chi connectivity index (χ1v) is 21.1. The van der Waals surface area contributed by atoms with Crippen molar-refractivity contribution in [3.8, 4) is 50.2 Å². The molecule has 4 aliphatic carbocycles. The van der Waals surface area contributed by atoms with E-state index >= 15 is 0 Å². The minimum absolute atomic E-state index is 0.0141. The van der Waals surface area contributed by atoms with E-state index in [9.17, 15) is 0 Å². The fourth-order valence-electron chi connectivity index (χ4n) is 12.2. The molecule has 0 radical (unpaired) electrons. The van der Waals surface area contributed by atoms with Crippen molar-refractivity contribution in [1.82, 2.24) is 4.57 Å². The Kier molecular flexibility index (Phi) is 6.71. The predicted octanol–water partition coefficient (Wildman–Crippen LogP) is 15.0. The Hall–Kier alpha value is -6.18. The van der Waals surface area contributed by atoms with Crippen LogP contribution < -0.4 is 0 Å². The van der Waals surface area contributed by atoms with Crippen molar-refractivity contribution in [2.45, 2.75) is 64.2 Å². The summed E-state index contributed by atoms with van der Waals surface area (Å²) in [6.45, 7) is 14.6. The van der Waals surface area contributed by atoms with E-state index in [0.29, 0.717) is 5.92 Å². The fourth-order valence-corrected chi connectivity index (χ4v) is 12.2. The molecule has 0 spiro atoms. The third-order valence-corrected chi connectivity index (χ3v) is 14.8. The minimum atomic E-state index is -0.170. The van der Waals surface area contributed by atoms with E-state index in [1.54, 1.807) is 0 Å². The molecule has 0 amide bonds. The highest BCUT2D eigenvalue weighted by atomic mass is 15.0. The van der Waals surface area contributed by atoms with Crippen LogP contribution in [0.5, 0.6) is 0 Å². The minimum Gasteiger partial charge on any atom is -0.309 e. The fraction of sp³-hybridized carbons (Fsp3) is 0.193. The van der Waals surface area contributed by atoms with Crippen molar-refractivity contribution in [2.75, 3.05) is 0 Å². The molecule has 8 aromatic rings. The van der Waals surface area contributed by atoms with Crippen LogP contribution in [0.3, 0.4) is 0 Å². The van der Waals surface area contributed by atoms with Crippen LogP contribution in [0.4, 0.5) is 0 Å². The average Bonchev–Trinajstić information content (AvgIpc) is 3.87. The van der Waals surface area contributed by atoms with Gasteiger partial charge >= 0.3 is 0 Å². The van der Waals surface area contributed by atoms with Gasteiger partial charge in [0.25, 0.3) is 0 Å². The van der Waals surface area contributed by atoms with Crippen LogP contribution in [-0.4, -0.2) is 4.57 Å². The van der Waals surface area contributed by atoms with Crippen LogP contribution in [0.25, 0.3) is 77.6 Å². The van der Waals surface area contributed by atoms with Crippen LogP contribution in [0.15, 0.2) is 158 Å². The van der Waals surface area contributed by atoms with Crippen LogP contribution in [0.1, 0.15) is 81.3 Å². The highest BCUT2D eigenvalue weighted by molar-refractivity contribution is 6.13. The van der Waals surface area contributed by atoms with Gasteiger partial charge in [-0.3, -0.25) is 0 Å². The lowest BCUT2D eigenvalue weighted by Gasteiger charge is -2.31. The van der Waals surface area contributed by atoms with E-state index in [-0.39, 0.29) is 16.2 Å². The van der Waals surface area contributed by atoms with Crippen LogP contribution in [0, 0.1) is 5.92 Å². The van der Waals surface area contributed by atoms with Crippen LogP contribution >= 0.6 is 0 Å². The number of rotatable bonds is 3. The van der Waals surface area contributed by atoms with Crippen molar-refractivity contribution >= 4 is 27.4 Å². The molecule has 0 saturated heterocycles. The molecule has 4 aliphatic rings. The number of hydrogen-bond acceptors (Lipinski definition) is 0. The molecule has 1 heterocycles. The lowest BCUT2D eigenvalue weighted by Crippen LogP contribution is -2.24. The number of hydrogen-bond donors (Lipinski definition) is 0. The molecule has 12 rings (SSSR count). The van der Waals surface area contributed by atoms with E-state index in [4.69, 9.17) is 0 Å². The van der Waals surface area contributed by atoms with Crippen molar-refractivity contribution in [1.29, 1.82) is 0 Å². The Balaban J connectivity index is 1.20. The molecule has 0 aliphatic heterocycles. The van der Waals surface area contributed by atoms with E-state index in [1.807, 2.05) is 0 Å². The quantitative estimate of drug-likeness (QED) is 0.170. The summed E-state index contributed by atoms with van der Waals surface area (Å²) in [7, 11) is 0. The summed E-state index contributed by atoms with van der Waals surface area (Å²) in [6, 6.07) is 53.5. The Morgan fingerprint density at radius 3 is 1.78 bits per heavy atom. The summed E-state index contributed by atoms with van der Waals surface area (Å²) < 4.78 is 2.62. The summed E-state index contributed by atoms with van der Waals surface area (Å²) in [5, 5.41) is 2.60. The van der Waals surface area contributed by atoms with E-state index in [1.165, 1.54) is 111 Å². The van der Waals surface area contributed by atoms with Crippen LogP contribution in [-0.2, 0) is 16.2 Å². The van der Waals surface area contributed by atoms with Gasteiger partial charge in [0.1, 0.15) is 0 Å². The van der Waals surface area contributed by atoms with Gasteiger partial charge in [-0.2, -0.15) is 0 Å². The Labute approximate surface area is 342 Å². The summed E-state index contributed by atoms with van der Waals surface area (Å²) in [5.41, 5.74) is 24.0. The standard InChI is InChI=1S/C57H47N/c1-55(2)47-25-11-7-17-39(47)43-23-15-21-37(51(43)55)34-31-35(38-22-16-24-44-40-18-8-12-26-48(40)56(3,4)52(38)44)33-36(32-34)58-50-28-14-10-20-42(50)46-30-29-45-41-19-9-13-27-49(41)57(5,6)53(45)54(46)58/h7-25,27-33,48H,26H2,1-6H3. The van der Waals surface area contributed by atoms with Gasteiger partial charge in [-0.1, -0.05) is 175 Å². The third kappa shape index (κ3) is 4.27. The lowest BCUT2D eigenvalue weighted by atomic mass is 9.73. The number of aromatic nitrogens is 1. The maximum Gasteiger partial charge on any atom is 0.0588 e. The predicted molar refractivity (Wildman–Crippen MR) is 245 cm³/mol.